The summed E-state index contributed by atoms with van der Waals surface area (Å²) in [4.78, 5) is 10.5. The molecule has 0 saturated heterocycles. The molecule has 0 fully saturated rings. The van der Waals surface area contributed by atoms with E-state index < -0.39 is 36.5 Å². The Kier molecular flexibility index (Phi) is 6.66. The molecule has 0 radical (unpaired) electrons. The van der Waals surface area contributed by atoms with Crippen molar-refractivity contribution >= 4 is 18.0 Å². The van der Waals surface area contributed by atoms with Crippen molar-refractivity contribution in [3.8, 4) is 0 Å². The fraction of sp³-hybridized carbons (Fsp3) is 0.800. The van der Waals surface area contributed by atoms with Gasteiger partial charge in [0.1, 0.15) is 12.0 Å². The van der Waals surface area contributed by atoms with E-state index in [1.807, 2.05) is 0 Å². The van der Waals surface area contributed by atoms with Gasteiger partial charge in [-0.15, -0.1) is 0 Å². The number of aliphatic hydroxyl groups is 1. The van der Waals surface area contributed by atoms with Crippen LogP contribution in [0.2, 0.25) is 0 Å². The van der Waals surface area contributed by atoms with Crippen molar-refractivity contribution in [2.24, 2.45) is 0 Å². The lowest BCUT2D eigenvalue weighted by atomic mass is 10.5. The van der Waals surface area contributed by atoms with E-state index in [9.17, 15) is 18.8 Å². The number of halogens is 2. The lowest BCUT2D eigenvalue weighted by Gasteiger charge is -2.14. The van der Waals surface area contributed by atoms with Gasteiger partial charge in [0.15, 0.2) is 6.61 Å². The van der Waals surface area contributed by atoms with Gasteiger partial charge in [0, 0.05) is 0 Å². The molecule has 9 heteroatoms. The largest absolute Gasteiger partial charge is 0.691 e. The maximum atomic E-state index is 12.5. The maximum absolute atomic E-state index is 12.5. The highest BCUT2D eigenvalue weighted by molar-refractivity contribution is 7.95. The van der Waals surface area contributed by atoms with E-state index in [1.54, 1.807) is 0 Å². The summed E-state index contributed by atoms with van der Waals surface area (Å²) in [5, 5.41) is 16.5. The number of alkyl halides is 2. The fourth-order valence-corrected chi connectivity index (χ4v) is 0.650. The van der Waals surface area contributed by atoms with E-state index >= 15 is 0 Å². The summed E-state index contributed by atoms with van der Waals surface area (Å²) in [5.74, 6) is -0.976. The molecule has 84 valence electrons. The zero-order chi connectivity index (χ0) is 11.0. The highest BCUT2D eigenvalue weighted by Crippen LogP contribution is 2.29. The lowest BCUT2D eigenvalue weighted by Crippen LogP contribution is -2.23. The second-order valence-corrected chi connectivity index (χ2v) is 2.89. The highest BCUT2D eigenvalue weighted by Gasteiger charge is 2.33. The molecular weight excluding hydrogens is 226 g/mol. The van der Waals surface area contributed by atoms with Crippen molar-refractivity contribution in [1.82, 2.24) is 0 Å². The summed E-state index contributed by atoms with van der Waals surface area (Å²) in [6.07, 6.45) is -0.375. The first kappa shape index (κ1) is 13.5. The third-order valence-electron chi connectivity index (χ3n) is 0.901. The Labute approximate surface area is 81.8 Å². The predicted octanol–water partition coefficient (Wildman–Crippen LogP) is -0.623. The molecular formula is C5H7F2O6S-. The van der Waals surface area contributed by atoms with Crippen LogP contribution in [0.5, 0.6) is 0 Å². The van der Waals surface area contributed by atoms with Crippen LogP contribution in [0.4, 0.5) is 8.78 Å². The Balaban J connectivity index is 3.68. The first-order chi connectivity index (χ1) is 6.52. The summed E-state index contributed by atoms with van der Waals surface area (Å²) >= 11 is -0.569. The van der Waals surface area contributed by atoms with Crippen LogP contribution in [0, 0.1) is 0 Å². The van der Waals surface area contributed by atoms with E-state index in [0.29, 0.717) is 0 Å². The monoisotopic (exact) mass is 233 g/mol. The van der Waals surface area contributed by atoms with Crippen LogP contribution in [-0.4, -0.2) is 29.5 Å². The van der Waals surface area contributed by atoms with Gasteiger partial charge in [0.25, 0.3) is 0 Å². The molecule has 0 bridgehead atoms. The molecule has 0 aromatic carbocycles. The van der Waals surface area contributed by atoms with Crippen LogP contribution in [0.1, 0.15) is 6.42 Å². The molecule has 1 N–H and O–H groups in total. The van der Waals surface area contributed by atoms with Crippen LogP contribution < -0.4 is 5.26 Å². The smallest absolute Gasteiger partial charge is 0.354 e. The number of hydrogen-bond donors (Lipinski definition) is 1. The first-order valence-electron chi connectivity index (χ1n) is 3.30. The van der Waals surface area contributed by atoms with E-state index in [1.165, 1.54) is 0 Å². The molecule has 0 saturated carbocycles. The molecule has 0 spiro atoms. The van der Waals surface area contributed by atoms with Crippen LogP contribution in [0.3, 0.4) is 0 Å². The highest BCUT2D eigenvalue weighted by atomic mass is 32.2. The van der Waals surface area contributed by atoms with Gasteiger partial charge in [-0.25, -0.2) is 0 Å². The molecule has 0 amide bonds. The second-order valence-electron chi connectivity index (χ2n) is 1.99. The first-order valence-corrected chi connectivity index (χ1v) is 4.04. The van der Waals surface area contributed by atoms with Crippen molar-refractivity contribution in [3.05, 3.63) is 0 Å². The molecule has 0 unspecified atom stereocenters. The van der Waals surface area contributed by atoms with Gasteiger partial charge in [0.05, 0.1) is 13.0 Å². The number of aliphatic hydroxyl groups excluding tert-OH is 1. The van der Waals surface area contributed by atoms with Crippen molar-refractivity contribution in [2.45, 2.75) is 11.7 Å². The zero-order valence-corrected chi connectivity index (χ0v) is 7.59. The van der Waals surface area contributed by atoms with E-state index in [4.69, 9.17) is 5.11 Å². The van der Waals surface area contributed by atoms with Gasteiger partial charge in [-0.2, -0.15) is 13.1 Å². The van der Waals surface area contributed by atoms with Gasteiger partial charge in [0.2, 0.25) is 0 Å². The second kappa shape index (κ2) is 6.90. The maximum Gasteiger partial charge on any atom is 0.354 e. The Hall–Kier alpha value is -0.480. The van der Waals surface area contributed by atoms with E-state index in [2.05, 4.69) is 14.1 Å². The van der Waals surface area contributed by atoms with Crippen molar-refractivity contribution in [2.75, 3.05) is 13.2 Å². The fourth-order valence-electron chi connectivity index (χ4n) is 0.416. The molecule has 0 rings (SSSR count). The molecule has 0 aliphatic heterocycles. The molecule has 0 heterocycles. The molecule has 6 nitrogen and oxygen atoms in total. The summed E-state index contributed by atoms with van der Waals surface area (Å²) in [6, 6.07) is 0. The number of hydrogen-bond acceptors (Lipinski definition) is 7. The van der Waals surface area contributed by atoms with Crippen molar-refractivity contribution in [1.29, 1.82) is 0 Å². The summed E-state index contributed by atoms with van der Waals surface area (Å²) < 4.78 is 32.4. The lowest BCUT2D eigenvalue weighted by molar-refractivity contribution is -0.777. The summed E-state index contributed by atoms with van der Waals surface area (Å²) in [5.41, 5.74) is 0. The van der Waals surface area contributed by atoms with Crippen LogP contribution in [0.25, 0.3) is 0 Å². The van der Waals surface area contributed by atoms with E-state index in [0.717, 1.165) is 0 Å². The van der Waals surface area contributed by atoms with Crippen LogP contribution >= 0.6 is 12.0 Å². The van der Waals surface area contributed by atoms with Gasteiger partial charge < -0.3 is 15.1 Å². The molecule has 14 heavy (non-hydrogen) atoms. The van der Waals surface area contributed by atoms with Gasteiger partial charge >= 0.3 is 11.2 Å². The topological polar surface area (TPSA) is 88.1 Å². The number of carbonyl (C=O) groups excluding carboxylic acids is 1. The molecule has 0 aliphatic carbocycles. The van der Waals surface area contributed by atoms with Gasteiger partial charge in [-0.1, -0.05) is 0 Å². The Morgan fingerprint density at radius 2 is 2.21 bits per heavy atom. The zero-order valence-electron chi connectivity index (χ0n) is 6.77. The normalized spacial score (nSPS) is 11.4. The summed E-state index contributed by atoms with van der Waals surface area (Å²) in [6.45, 7) is -1.75. The molecule has 0 atom stereocenters. The van der Waals surface area contributed by atoms with Crippen molar-refractivity contribution < 1.29 is 38.0 Å². The predicted molar refractivity (Wildman–Crippen MR) is 37.4 cm³/mol. The third-order valence-corrected chi connectivity index (χ3v) is 1.39. The van der Waals surface area contributed by atoms with Gasteiger partial charge in [-0.05, 0) is 0 Å². The minimum atomic E-state index is -3.57. The van der Waals surface area contributed by atoms with Crippen LogP contribution in [0.15, 0.2) is 0 Å². The van der Waals surface area contributed by atoms with Crippen LogP contribution in [-0.2, 0) is 18.9 Å². The van der Waals surface area contributed by atoms with Gasteiger partial charge in [-0.3, -0.25) is 9.83 Å². The third kappa shape index (κ3) is 6.97. The average Bonchev–Trinajstić information content (AvgIpc) is 2.13. The minimum Gasteiger partial charge on any atom is -0.691 e. The molecule has 0 aromatic rings. The average molecular weight is 233 g/mol. The Morgan fingerprint density at radius 1 is 1.57 bits per heavy atom. The SMILES string of the molecule is O=C(CCO)OCC(F)(F)SOO[O-]. The Bertz CT molecular complexity index is 178. The standard InChI is InChI=1S/C5H8F2O6S/c6-5(7,14-13-12-10)3-11-4(9)1-2-8/h8,10H,1-3H2/p-1. The minimum absolute atomic E-state index is 0.375. The number of esters is 1. The summed E-state index contributed by atoms with van der Waals surface area (Å²) in [7, 11) is 0. The molecule has 0 aromatic heterocycles. The van der Waals surface area contributed by atoms with Crippen molar-refractivity contribution in [3.63, 3.8) is 0 Å². The number of carbonyl (C=O) groups is 1. The number of rotatable bonds is 7. The molecule has 0 aliphatic rings. The number of ether oxygens (including phenoxy) is 1. The quantitative estimate of drug-likeness (QED) is 0.271. The van der Waals surface area contributed by atoms with E-state index in [-0.39, 0.29) is 6.42 Å². The Morgan fingerprint density at radius 3 is 2.71 bits per heavy atom.